The Hall–Kier alpha value is -3.27. The topological polar surface area (TPSA) is 92.3 Å². The molecule has 0 aliphatic carbocycles. The highest BCUT2D eigenvalue weighted by molar-refractivity contribution is 7.92. The van der Waals surface area contributed by atoms with Crippen molar-refractivity contribution in [3.8, 4) is 10.6 Å². The smallest absolute Gasteiger partial charge is 0.264 e. The SMILES string of the molecule is Cc1ccc(S(=O)(=O)N(CC(=O)Nc2nnc(-c3ccc(Cl)cc3)s2)c2ccc(C)cc2C)cc1. The van der Waals surface area contributed by atoms with Gasteiger partial charge in [0.2, 0.25) is 11.0 Å². The molecule has 1 amide bonds. The van der Waals surface area contributed by atoms with Crippen molar-refractivity contribution >= 4 is 49.7 Å². The predicted octanol–water partition coefficient (Wildman–Crippen LogP) is 5.62. The van der Waals surface area contributed by atoms with E-state index in [-0.39, 0.29) is 10.0 Å². The van der Waals surface area contributed by atoms with E-state index in [9.17, 15) is 13.2 Å². The number of aryl methyl sites for hydroxylation is 3. The minimum absolute atomic E-state index is 0.108. The molecular weight excluding hydrogens is 504 g/mol. The second kappa shape index (κ2) is 10.2. The van der Waals surface area contributed by atoms with Gasteiger partial charge in [-0.2, -0.15) is 0 Å². The molecule has 35 heavy (non-hydrogen) atoms. The highest BCUT2D eigenvalue weighted by Crippen LogP contribution is 2.29. The molecule has 0 bridgehead atoms. The first-order valence-electron chi connectivity index (χ1n) is 10.7. The molecule has 4 rings (SSSR count). The van der Waals surface area contributed by atoms with Gasteiger partial charge in [0, 0.05) is 10.6 Å². The van der Waals surface area contributed by atoms with Gasteiger partial charge in [-0.05, 0) is 56.7 Å². The van der Waals surface area contributed by atoms with Gasteiger partial charge in [-0.1, -0.05) is 70.5 Å². The van der Waals surface area contributed by atoms with Gasteiger partial charge in [-0.15, -0.1) is 10.2 Å². The summed E-state index contributed by atoms with van der Waals surface area (Å²) in [6.45, 7) is 5.21. The number of carbonyl (C=O) groups is 1. The number of sulfonamides is 1. The summed E-state index contributed by atoms with van der Waals surface area (Å²) >= 11 is 7.13. The fraction of sp³-hybridized carbons (Fsp3) is 0.160. The molecule has 0 saturated heterocycles. The molecule has 0 saturated carbocycles. The predicted molar refractivity (Wildman–Crippen MR) is 141 cm³/mol. The van der Waals surface area contributed by atoms with E-state index in [4.69, 9.17) is 11.6 Å². The van der Waals surface area contributed by atoms with Crippen LogP contribution in [0.5, 0.6) is 0 Å². The maximum Gasteiger partial charge on any atom is 0.264 e. The van der Waals surface area contributed by atoms with Gasteiger partial charge in [0.05, 0.1) is 10.6 Å². The summed E-state index contributed by atoms with van der Waals surface area (Å²) in [5.74, 6) is -0.528. The number of anilines is 2. The van der Waals surface area contributed by atoms with E-state index in [1.807, 2.05) is 45.0 Å². The maximum atomic E-state index is 13.6. The Balaban J connectivity index is 1.61. The van der Waals surface area contributed by atoms with E-state index in [1.165, 1.54) is 11.3 Å². The lowest BCUT2D eigenvalue weighted by Crippen LogP contribution is -2.38. The lowest BCUT2D eigenvalue weighted by Gasteiger charge is -2.25. The summed E-state index contributed by atoms with van der Waals surface area (Å²) in [5.41, 5.74) is 3.92. The molecule has 0 aliphatic heterocycles. The summed E-state index contributed by atoms with van der Waals surface area (Å²) in [4.78, 5) is 13.1. The lowest BCUT2D eigenvalue weighted by atomic mass is 10.1. The highest BCUT2D eigenvalue weighted by Gasteiger charge is 2.28. The molecule has 0 spiro atoms. The van der Waals surface area contributed by atoms with E-state index in [0.29, 0.717) is 15.7 Å². The van der Waals surface area contributed by atoms with Crippen molar-refractivity contribution in [2.75, 3.05) is 16.2 Å². The zero-order chi connectivity index (χ0) is 25.2. The first-order valence-corrected chi connectivity index (χ1v) is 13.3. The Labute approximate surface area is 213 Å². The largest absolute Gasteiger partial charge is 0.299 e. The van der Waals surface area contributed by atoms with Gasteiger partial charge in [0.15, 0.2) is 0 Å². The van der Waals surface area contributed by atoms with Crippen LogP contribution in [0, 0.1) is 20.8 Å². The van der Waals surface area contributed by atoms with Gasteiger partial charge >= 0.3 is 0 Å². The summed E-state index contributed by atoms with van der Waals surface area (Å²) in [7, 11) is -4.01. The minimum Gasteiger partial charge on any atom is -0.299 e. The summed E-state index contributed by atoms with van der Waals surface area (Å²) < 4.78 is 28.3. The molecule has 180 valence electrons. The molecule has 0 unspecified atom stereocenters. The first kappa shape index (κ1) is 24.8. The van der Waals surface area contributed by atoms with Gasteiger partial charge < -0.3 is 0 Å². The van der Waals surface area contributed by atoms with Crippen LogP contribution in [0.15, 0.2) is 71.6 Å². The number of nitrogens with one attached hydrogen (secondary N) is 1. The van der Waals surface area contributed by atoms with Crippen molar-refractivity contribution in [1.82, 2.24) is 10.2 Å². The van der Waals surface area contributed by atoms with Crippen molar-refractivity contribution in [3.05, 3.63) is 88.4 Å². The molecule has 1 aromatic heterocycles. The van der Waals surface area contributed by atoms with Crippen LogP contribution in [0.3, 0.4) is 0 Å². The fourth-order valence-corrected chi connectivity index (χ4v) is 5.87. The monoisotopic (exact) mass is 526 g/mol. The first-order chi connectivity index (χ1) is 16.6. The number of aromatic nitrogens is 2. The number of hydrogen-bond donors (Lipinski definition) is 1. The minimum atomic E-state index is -4.01. The van der Waals surface area contributed by atoms with Crippen LogP contribution in [0.1, 0.15) is 16.7 Å². The Kier molecular flexibility index (Phi) is 7.20. The molecule has 7 nitrogen and oxygen atoms in total. The third-order valence-corrected chi connectivity index (χ3v) is 8.19. The maximum absolute atomic E-state index is 13.6. The Morgan fingerprint density at radius 2 is 1.60 bits per heavy atom. The number of carbonyl (C=O) groups excluding carboxylic acids is 1. The van der Waals surface area contributed by atoms with Gasteiger partial charge in [-0.3, -0.25) is 14.4 Å². The molecule has 4 aromatic rings. The van der Waals surface area contributed by atoms with Crippen LogP contribution in [0.2, 0.25) is 5.02 Å². The fourth-order valence-electron chi connectivity index (χ4n) is 3.49. The van der Waals surface area contributed by atoms with Crippen LogP contribution >= 0.6 is 22.9 Å². The number of hydrogen-bond acceptors (Lipinski definition) is 6. The van der Waals surface area contributed by atoms with Crippen molar-refractivity contribution in [2.24, 2.45) is 0 Å². The Morgan fingerprint density at radius 1 is 0.943 bits per heavy atom. The molecule has 0 atom stereocenters. The van der Waals surface area contributed by atoms with Crippen LogP contribution in [-0.2, 0) is 14.8 Å². The molecule has 0 fully saturated rings. The van der Waals surface area contributed by atoms with Crippen LogP contribution in [0.4, 0.5) is 10.8 Å². The molecule has 3 aromatic carbocycles. The van der Waals surface area contributed by atoms with E-state index < -0.39 is 22.5 Å². The molecule has 0 radical (unpaired) electrons. The number of amides is 1. The molecule has 1 N–H and O–H groups in total. The summed E-state index contributed by atoms with van der Waals surface area (Å²) in [5, 5.41) is 12.3. The zero-order valence-electron chi connectivity index (χ0n) is 19.3. The van der Waals surface area contributed by atoms with Crippen LogP contribution < -0.4 is 9.62 Å². The third-order valence-electron chi connectivity index (χ3n) is 5.28. The average molecular weight is 527 g/mol. The molecule has 0 aliphatic rings. The highest BCUT2D eigenvalue weighted by atomic mass is 35.5. The Bertz CT molecular complexity index is 1470. The van der Waals surface area contributed by atoms with E-state index in [0.717, 1.165) is 26.6 Å². The van der Waals surface area contributed by atoms with Crippen molar-refractivity contribution in [1.29, 1.82) is 0 Å². The van der Waals surface area contributed by atoms with Gasteiger partial charge in [0.1, 0.15) is 11.6 Å². The molecule has 1 heterocycles. The van der Waals surface area contributed by atoms with E-state index in [2.05, 4.69) is 15.5 Å². The number of nitrogens with zero attached hydrogens (tertiary/aromatic N) is 3. The number of rotatable bonds is 7. The van der Waals surface area contributed by atoms with Gasteiger partial charge in [-0.25, -0.2) is 8.42 Å². The van der Waals surface area contributed by atoms with Crippen molar-refractivity contribution < 1.29 is 13.2 Å². The van der Waals surface area contributed by atoms with Crippen molar-refractivity contribution in [3.63, 3.8) is 0 Å². The van der Waals surface area contributed by atoms with Gasteiger partial charge in [0.25, 0.3) is 10.0 Å². The lowest BCUT2D eigenvalue weighted by molar-refractivity contribution is -0.114. The molecular formula is C25H23ClN4O3S2. The van der Waals surface area contributed by atoms with E-state index >= 15 is 0 Å². The second-order valence-electron chi connectivity index (χ2n) is 8.08. The van der Waals surface area contributed by atoms with Crippen LogP contribution in [-0.4, -0.2) is 31.1 Å². The van der Waals surface area contributed by atoms with Crippen LogP contribution in [0.25, 0.3) is 10.6 Å². The number of halogens is 1. The van der Waals surface area contributed by atoms with E-state index in [1.54, 1.807) is 42.5 Å². The summed E-state index contributed by atoms with van der Waals surface area (Å²) in [6.07, 6.45) is 0. The average Bonchev–Trinajstić information content (AvgIpc) is 3.27. The quantitative estimate of drug-likeness (QED) is 0.337. The molecule has 10 heteroatoms. The zero-order valence-corrected chi connectivity index (χ0v) is 21.7. The second-order valence-corrected chi connectivity index (χ2v) is 11.4. The summed E-state index contributed by atoms with van der Waals surface area (Å²) in [6, 6.07) is 19.1. The standard InChI is InChI=1S/C25H23ClN4O3S2/c1-16-4-11-21(12-5-16)35(32,33)30(22-13-6-17(2)14-18(22)3)15-23(31)27-25-29-28-24(34-25)19-7-9-20(26)10-8-19/h4-14H,15H2,1-3H3,(H,27,29,31). The normalized spacial score (nSPS) is 11.3. The Morgan fingerprint density at radius 3 is 2.26 bits per heavy atom. The third kappa shape index (κ3) is 5.70. The number of benzene rings is 3. The van der Waals surface area contributed by atoms with Crippen molar-refractivity contribution in [2.45, 2.75) is 25.7 Å².